The Kier molecular flexibility index (Phi) is 7.28. The van der Waals surface area contributed by atoms with Crippen LogP contribution in [0, 0.1) is 5.82 Å². The Bertz CT molecular complexity index is 1430. The lowest BCUT2D eigenvalue weighted by atomic mass is 10.1. The summed E-state index contributed by atoms with van der Waals surface area (Å²) in [6, 6.07) is 16.8. The molecule has 1 heterocycles. The largest absolute Gasteiger partial charge is 0.493 e. The molecule has 11 heteroatoms. The van der Waals surface area contributed by atoms with E-state index in [9.17, 15) is 17.6 Å². The van der Waals surface area contributed by atoms with E-state index in [4.69, 9.17) is 9.47 Å². The summed E-state index contributed by atoms with van der Waals surface area (Å²) in [5, 5.41) is 4.76. The highest BCUT2D eigenvalue weighted by Crippen LogP contribution is 2.36. The fourth-order valence-corrected chi connectivity index (χ4v) is 4.76. The van der Waals surface area contributed by atoms with Gasteiger partial charge in [0.1, 0.15) is 5.82 Å². The van der Waals surface area contributed by atoms with Gasteiger partial charge in [-0.05, 0) is 48.5 Å². The number of thiazole rings is 1. The number of rotatable bonds is 8. The molecule has 0 atom stereocenters. The van der Waals surface area contributed by atoms with E-state index in [0.717, 1.165) is 4.31 Å². The molecule has 0 aliphatic carbocycles. The van der Waals surface area contributed by atoms with Crippen molar-refractivity contribution in [2.45, 2.75) is 0 Å². The molecular weight excluding hydrogens is 493 g/mol. The van der Waals surface area contributed by atoms with Crippen LogP contribution in [0.3, 0.4) is 0 Å². The normalized spacial score (nSPS) is 10.7. The third kappa shape index (κ3) is 5.26. The number of benzene rings is 3. The van der Waals surface area contributed by atoms with Crippen LogP contribution in [0.5, 0.6) is 11.5 Å². The van der Waals surface area contributed by atoms with Gasteiger partial charge in [0.2, 0.25) is 10.9 Å². The molecular formula is C24H20FN3O5S2. The SMILES string of the molecule is COc1ccc(N(c2ccccc2C(=O)Nc2nc(-c3ccc(F)cc3)cs2)[SH](=O)=O)cc1OC. The molecule has 180 valence electrons. The van der Waals surface area contributed by atoms with Crippen molar-refractivity contribution in [1.29, 1.82) is 0 Å². The fourth-order valence-electron chi connectivity index (χ4n) is 3.38. The van der Waals surface area contributed by atoms with Crippen LogP contribution < -0.4 is 19.1 Å². The summed E-state index contributed by atoms with van der Waals surface area (Å²) >= 11 is 1.20. The third-order valence-electron chi connectivity index (χ3n) is 5.02. The summed E-state index contributed by atoms with van der Waals surface area (Å²) in [4.78, 5) is 17.5. The summed E-state index contributed by atoms with van der Waals surface area (Å²) in [6.07, 6.45) is 0. The Morgan fingerprint density at radius 2 is 1.71 bits per heavy atom. The van der Waals surface area contributed by atoms with Crippen molar-refractivity contribution < 1.29 is 27.1 Å². The van der Waals surface area contributed by atoms with Crippen LogP contribution in [-0.2, 0) is 10.9 Å². The van der Waals surface area contributed by atoms with Crippen LogP contribution in [0.4, 0.5) is 20.9 Å². The lowest BCUT2D eigenvalue weighted by molar-refractivity contribution is 0.102. The summed E-state index contributed by atoms with van der Waals surface area (Å²) in [5.41, 5.74) is 1.83. The summed E-state index contributed by atoms with van der Waals surface area (Å²) in [5.74, 6) is -0.123. The molecule has 0 aliphatic rings. The van der Waals surface area contributed by atoms with E-state index in [2.05, 4.69) is 10.3 Å². The van der Waals surface area contributed by atoms with E-state index in [0.29, 0.717) is 27.9 Å². The molecule has 0 spiro atoms. The number of anilines is 3. The average molecular weight is 514 g/mol. The number of hydrogen-bond acceptors (Lipinski definition) is 7. The maximum absolute atomic E-state index is 13.2. The number of nitrogens with zero attached hydrogens (tertiary/aromatic N) is 2. The number of thiol groups is 1. The topological polar surface area (TPSA) is 97.8 Å². The third-order valence-corrected chi connectivity index (χ3v) is 6.55. The maximum atomic E-state index is 13.2. The van der Waals surface area contributed by atoms with E-state index in [1.165, 1.54) is 55.9 Å². The number of methoxy groups -OCH3 is 2. The predicted octanol–water partition coefficient (Wildman–Crippen LogP) is 4.88. The van der Waals surface area contributed by atoms with Gasteiger partial charge in [-0.15, -0.1) is 11.3 Å². The molecule has 35 heavy (non-hydrogen) atoms. The average Bonchev–Trinajstić information content (AvgIpc) is 3.33. The first-order chi connectivity index (χ1) is 16.9. The second-order valence-electron chi connectivity index (χ2n) is 7.10. The lowest BCUT2D eigenvalue weighted by Crippen LogP contribution is -2.20. The van der Waals surface area contributed by atoms with Crippen molar-refractivity contribution in [3.8, 4) is 22.8 Å². The minimum Gasteiger partial charge on any atom is -0.493 e. The number of carbonyl (C=O) groups is 1. The van der Waals surface area contributed by atoms with E-state index < -0.39 is 16.8 Å². The van der Waals surface area contributed by atoms with Crippen LogP contribution in [0.15, 0.2) is 72.1 Å². The first kappa shape index (κ1) is 24.2. The van der Waals surface area contributed by atoms with Gasteiger partial charge in [0, 0.05) is 17.0 Å². The van der Waals surface area contributed by atoms with E-state index in [1.54, 1.807) is 41.8 Å². The number of nitrogens with one attached hydrogen (secondary N) is 1. The zero-order chi connectivity index (χ0) is 24.9. The van der Waals surface area contributed by atoms with E-state index in [1.807, 2.05) is 0 Å². The Labute approximate surface area is 206 Å². The number of amides is 1. The highest BCUT2D eigenvalue weighted by atomic mass is 32.2. The first-order valence-electron chi connectivity index (χ1n) is 10.2. The van der Waals surface area contributed by atoms with Crippen molar-refractivity contribution >= 4 is 44.6 Å². The minimum absolute atomic E-state index is 0.125. The zero-order valence-corrected chi connectivity index (χ0v) is 20.3. The van der Waals surface area contributed by atoms with Crippen LogP contribution in [0.2, 0.25) is 0 Å². The molecule has 4 rings (SSSR count). The Morgan fingerprint density at radius 1 is 1.00 bits per heavy atom. The van der Waals surface area contributed by atoms with Crippen LogP contribution in [0.1, 0.15) is 10.4 Å². The highest BCUT2D eigenvalue weighted by molar-refractivity contribution is 7.74. The van der Waals surface area contributed by atoms with E-state index in [-0.39, 0.29) is 22.8 Å². The van der Waals surface area contributed by atoms with Crippen molar-refractivity contribution in [2.24, 2.45) is 0 Å². The minimum atomic E-state index is -3.16. The van der Waals surface area contributed by atoms with Crippen molar-refractivity contribution in [3.05, 3.63) is 83.5 Å². The van der Waals surface area contributed by atoms with Crippen molar-refractivity contribution in [3.63, 3.8) is 0 Å². The molecule has 0 saturated carbocycles. The molecule has 1 N–H and O–H groups in total. The van der Waals surface area contributed by atoms with Gasteiger partial charge in [0.25, 0.3) is 5.91 Å². The lowest BCUT2D eigenvalue weighted by Gasteiger charge is -2.21. The molecule has 1 aromatic heterocycles. The second kappa shape index (κ2) is 10.5. The zero-order valence-electron chi connectivity index (χ0n) is 18.6. The summed E-state index contributed by atoms with van der Waals surface area (Å²) < 4.78 is 49.3. The number of halogens is 1. The smallest absolute Gasteiger partial charge is 0.259 e. The van der Waals surface area contributed by atoms with Gasteiger partial charge in [-0.1, -0.05) is 12.1 Å². The van der Waals surface area contributed by atoms with E-state index >= 15 is 0 Å². The number of para-hydroxylation sites is 1. The van der Waals surface area contributed by atoms with Gasteiger partial charge in [-0.25, -0.2) is 22.1 Å². The quantitative estimate of drug-likeness (QED) is 0.326. The van der Waals surface area contributed by atoms with Gasteiger partial charge in [0.05, 0.1) is 36.9 Å². The van der Waals surface area contributed by atoms with Crippen LogP contribution in [0.25, 0.3) is 11.3 Å². The first-order valence-corrected chi connectivity index (χ1v) is 12.2. The molecule has 1 amide bonds. The molecule has 0 fully saturated rings. The molecule has 0 unspecified atom stereocenters. The molecule has 0 radical (unpaired) electrons. The highest BCUT2D eigenvalue weighted by Gasteiger charge is 2.22. The Morgan fingerprint density at radius 3 is 2.40 bits per heavy atom. The van der Waals surface area contributed by atoms with Gasteiger partial charge in [-0.2, -0.15) is 0 Å². The summed E-state index contributed by atoms with van der Waals surface area (Å²) in [7, 11) is -0.245. The summed E-state index contributed by atoms with van der Waals surface area (Å²) in [6.45, 7) is 0. The Hall–Kier alpha value is -3.96. The molecule has 8 nitrogen and oxygen atoms in total. The molecule has 3 aromatic carbocycles. The molecule has 4 aromatic rings. The fraction of sp³-hybridized carbons (Fsp3) is 0.0833. The molecule has 0 bridgehead atoms. The number of hydrogen-bond donors (Lipinski definition) is 2. The maximum Gasteiger partial charge on any atom is 0.259 e. The number of aromatic nitrogens is 1. The molecule has 0 aliphatic heterocycles. The molecule has 0 saturated heterocycles. The van der Waals surface area contributed by atoms with Gasteiger partial charge >= 0.3 is 0 Å². The monoisotopic (exact) mass is 513 g/mol. The van der Waals surface area contributed by atoms with Gasteiger partial charge in [0.15, 0.2) is 16.6 Å². The standard InChI is InChI=1S/C24H20FN3O5S2/c1-32-21-12-11-17(13-22(21)33-2)28(35(30)31)20-6-4-3-5-18(20)23(29)27-24-26-19(14-34-24)15-7-9-16(25)10-8-15/h3-14,35H,1-2H3,(H,26,27,29). The number of ether oxygens (including phenoxy) is 2. The van der Waals surface area contributed by atoms with Crippen LogP contribution in [-0.4, -0.2) is 33.5 Å². The van der Waals surface area contributed by atoms with Crippen molar-refractivity contribution in [1.82, 2.24) is 4.98 Å². The van der Waals surface area contributed by atoms with Gasteiger partial charge in [-0.3, -0.25) is 10.1 Å². The van der Waals surface area contributed by atoms with Gasteiger partial charge < -0.3 is 9.47 Å². The van der Waals surface area contributed by atoms with Crippen LogP contribution >= 0.6 is 11.3 Å². The number of carbonyl (C=O) groups excluding carboxylic acids is 1. The predicted molar refractivity (Wildman–Crippen MR) is 134 cm³/mol. The van der Waals surface area contributed by atoms with Crippen molar-refractivity contribution in [2.75, 3.05) is 23.8 Å². The second-order valence-corrected chi connectivity index (χ2v) is 8.84. The Balaban J connectivity index is 1.65.